The number of nitrogens with one attached hydrogen (secondary N) is 2. The fourth-order valence-corrected chi connectivity index (χ4v) is 3.40. The molecular weight excluding hydrogens is 475 g/mol. The zero-order valence-corrected chi connectivity index (χ0v) is 20.5. The third-order valence-electron chi connectivity index (χ3n) is 4.10. The molecule has 0 unspecified atom stereocenters. The molecule has 0 aliphatic rings. The van der Waals surface area contributed by atoms with Crippen molar-refractivity contribution in [3.8, 4) is 0 Å². The molecule has 0 aliphatic carbocycles. The average molecular weight is 510 g/mol. The Morgan fingerprint density at radius 3 is 2.07 bits per heavy atom. The Morgan fingerprint density at radius 2 is 1.63 bits per heavy atom. The molecular formula is C19H35IN4O2S. The molecule has 6 nitrogen and oxygen atoms in total. The number of rotatable bonds is 9. The van der Waals surface area contributed by atoms with Crippen LogP contribution < -0.4 is 10.6 Å². The van der Waals surface area contributed by atoms with Gasteiger partial charge in [-0.05, 0) is 52.3 Å². The summed E-state index contributed by atoms with van der Waals surface area (Å²) >= 11 is 0. The van der Waals surface area contributed by atoms with E-state index in [1.165, 1.54) is 6.26 Å². The van der Waals surface area contributed by atoms with E-state index < -0.39 is 9.84 Å². The molecule has 0 fully saturated rings. The first-order valence-corrected chi connectivity index (χ1v) is 11.1. The SMILES string of the molecule is CCNC(=NCc1ccc(S(C)(=O)=O)cc1)NCCN(C(C)C)C(C)C.I. The highest BCUT2D eigenvalue weighted by molar-refractivity contribution is 14.0. The number of aliphatic imine (C=N–C) groups is 1. The van der Waals surface area contributed by atoms with Gasteiger partial charge in [0, 0.05) is 38.0 Å². The number of hydrogen-bond donors (Lipinski definition) is 2. The first kappa shape index (κ1) is 26.1. The minimum Gasteiger partial charge on any atom is -0.357 e. The molecule has 0 heterocycles. The van der Waals surface area contributed by atoms with E-state index in [-0.39, 0.29) is 24.0 Å². The summed E-state index contributed by atoms with van der Waals surface area (Å²) in [6.45, 7) is 13.9. The molecule has 0 saturated carbocycles. The second kappa shape index (κ2) is 12.6. The van der Waals surface area contributed by atoms with Gasteiger partial charge in [-0.25, -0.2) is 13.4 Å². The average Bonchev–Trinajstić information content (AvgIpc) is 2.55. The van der Waals surface area contributed by atoms with Crippen molar-refractivity contribution in [3.05, 3.63) is 29.8 Å². The molecule has 0 aromatic heterocycles. The minimum atomic E-state index is -3.16. The van der Waals surface area contributed by atoms with Crippen LogP contribution in [0.1, 0.15) is 40.2 Å². The van der Waals surface area contributed by atoms with Gasteiger partial charge in [0.05, 0.1) is 11.4 Å². The Hall–Kier alpha value is -0.870. The van der Waals surface area contributed by atoms with Crippen LogP contribution in [0, 0.1) is 0 Å². The lowest BCUT2D eigenvalue weighted by atomic mass is 10.2. The molecule has 8 heteroatoms. The lowest BCUT2D eigenvalue weighted by Gasteiger charge is -2.30. The molecule has 0 radical (unpaired) electrons. The lowest BCUT2D eigenvalue weighted by molar-refractivity contribution is 0.178. The molecule has 0 spiro atoms. The number of hydrogen-bond acceptors (Lipinski definition) is 4. The van der Waals surface area contributed by atoms with Gasteiger partial charge in [-0.2, -0.15) is 0 Å². The van der Waals surface area contributed by atoms with Crippen molar-refractivity contribution in [2.45, 2.75) is 58.1 Å². The number of halogens is 1. The van der Waals surface area contributed by atoms with Gasteiger partial charge < -0.3 is 10.6 Å². The fourth-order valence-electron chi connectivity index (χ4n) is 2.77. The lowest BCUT2D eigenvalue weighted by Crippen LogP contribution is -2.45. The van der Waals surface area contributed by atoms with Crippen molar-refractivity contribution < 1.29 is 8.42 Å². The zero-order valence-electron chi connectivity index (χ0n) is 17.3. The van der Waals surface area contributed by atoms with E-state index in [1.807, 2.05) is 19.1 Å². The van der Waals surface area contributed by atoms with Gasteiger partial charge in [0.25, 0.3) is 0 Å². The topological polar surface area (TPSA) is 73.8 Å². The summed E-state index contributed by atoms with van der Waals surface area (Å²) in [5.74, 6) is 0.771. The molecule has 156 valence electrons. The largest absolute Gasteiger partial charge is 0.357 e. The van der Waals surface area contributed by atoms with Gasteiger partial charge in [0.15, 0.2) is 15.8 Å². The van der Waals surface area contributed by atoms with Crippen molar-refractivity contribution in [1.29, 1.82) is 0 Å². The summed E-state index contributed by atoms with van der Waals surface area (Å²) in [4.78, 5) is 7.35. The quantitative estimate of drug-likeness (QED) is 0.304. The van der Waals surface area contributed by atoms with Crippen molar-refractivity contribution in [2.24, 2.45) is 4.99 Å². The molecule has 2 N–H and O–H groups in total. The standard InChI is InChI=1S/C19H34N4O2S.HI/c1-7-20-19(21-12-13-23(15(2)3)16(4)5)22-14-17-8-10-18(11-9-17)26(6,24)25;/h8-11,15-16H,7,12-14H2,1-6H3,(H2,20,21,22);1H. The molecule has 1 aromatic carbocycles. The smallest absolute Gasteiger partial charge is 0.191 e. The molecule has 0 amide bonds. The van der Waals surface area contributed by atoms with Crippen LogP contribution in [0.4, 0.5) is 0 Å². The Labute approximate surface area is 182 Å². The van der Waals surface area contributed by atoms with Gasteiger partial charge in [0.2, 0.25) is 0 Å². The van der Waals surface area contributed by atoms with Gasteiger partial charge in [-0.15, -0.1) is 24.0 Å². The highest BCUT2D eigenvalue weighted by Crippen LogP contribution is 2.11. The van der Waals surface area contributed by atoms with E-state index in [0.717, 1.165) is 31.2 Å². The molecule has 0 aliphatic heterocycles. The molecule has 0 bridgehead atoms. The van der Waals surface area contributed by atoms with Crippen molar-refractivity contribution in [2.75, 3.05) is 25.9 Å². The zero-order chi connectivity index (χ0) is 19.7. The van der Waals surface area contributed by atoms with Crippen molar-refractivity contribution in [3.63, 3.8) is 0 Å². The normalized spacial score (nSPS) is 12.4. The van der Waals surface area contributed by atoms with Crippen LogP contribution in [0.5, 0.6) is 0 Å². The van der Waals surface area contributed by atoms with E-state index in [4.69, 9.17) is 0 Å². The maximum Gasteiger partial charge on any atom is 0.191 e. The molecule has 1 aromatic rings. The maximum atomic E-state index is 11.5. The van der Waals surface area contributed by atoms with E-state index in [1.54, 1.807) is 12.1 Å². The fraction of sp³-hybridized carbons (Fsp3) is 0.632. The Morgan fingerprint density at radius 1 is 1.07 bits per heavy atom. The van der Waals surface area contributed by atoms with E-state index >= 15 is 0 Å². The van der Waals surface area contributed by atoms with E-state index in [2.05, 4.69) is 48.2 Å². The maximum absolute atomic E-state index is 11.5. The van der Waals surface area contributed by atoms with Gasteiger partial charge in [0.1, 0.15) is 0 Å². The summed E-state index contributed by atoms with van der Waals surface area (Å²) < 4.78 is 23.0. The summed E-state index contributed by atoms with van der Waals surface area (Å²) in [5.41, 5.74) is 0.973. The molecule has 0 atom stereocenters. The van der Waals surface area contributed by atoms with Crippen molar-refractivity contribution in [1.82, 2.24) is 15.5 Å². The second-order valence-electron chi connectivity index (χ2n) is 6.96. The number of guanidine groups is 1. The van der Waals surface area contributed by atoms with Gasteiger partial charge in [-0.1, -0.05) is 12.1 Å². The Kier molecular flexibility index (Phi) is 12.2. The predicted octanol–water partition coefficient (Wildman–Crippen LogP) is 2.88. The first-order chi connectivity index (χ1) is 12.1. The third kappa shape index (κ3) is 9.75. The predicted molar refractivity (Wildman–Crippen MR) is 125 cm³/mol. The monoisotopic (exact) mass is 510 g/mol. The summed E-state index contributed by atoms with van der Waals surface area (Å²) in [6, 6.07) is 7.88. The second-order valence-corrected chi connectivity index (χ2v) is 8.98. The number of benzene rings is 1. The van der Waals surface area contributed by atoms with Crippen LogP contribution >= 0.6 is 24.0 Å². The highest BCUT2D eigenvalue weighted by Gasteiger charge is 2.12. The van der Waals surface area contributed by atoms with E-state index in [0.29, 0.717) is 23.5 Å². The Bertz CT molecular complexity index is 665. The highest BCUT2D eigenvalue weighted by atomic mass is 127. The van der Waals surface area contributed by atoms with Gasteiger partial charge in [-0.3, -0.25) is 4.90 Å². The molecule has 27 heavy (non-hydrogen) atoms. The van der Waals surface area contributed by atoms with Crippen LogP contribution in [0.3, 0.4) is 0 Å². The van der Waals surface area contributed by atoms with Crippen molar-refractivity contribution >= 4 is 39.8 Å². The van der Waals surface area contributed by atoms with E-state index in [9.17, 15) is 8.42 Å². The molecule has 0 saturated heterocycles. The summed E-state index contributed by atoms with van der Waals surface area (Å²) in [7, 11) is -3.16. The number of nitrogens with zero attached hydrogens (tertiary/aromatic N) is 2. The third-order valence-corrected chi connectivity index (χ3v) is 5.23. The van der Waals surface area contributed by atoms with Crippen LogP contribution in [-0.4, -0.2) is 57.3 Å². The Balaban J connectivity index is 0.00000676. The summed E-state index contributed by atoms with van der Waals surface area (Å²) in [5, 5.41) is 6.61. The minimum absolute atomic E-state index is 0. The van der Waals surface area contributed by atoms with Crippen LogP contribution in [0.2, 0.25) is 0 Å². The molecule has 1 rings (SSSR count). The van der Waals surface area contributed by atoms with Crippen LogP contribution in [-0.2, 0) is 16.4 Å². The first-order valence-electron chi connectivity index (χ1n) is 9.22. The summed E-state index contributed by atoms with van der Waals surface area (Å²) in [6.07, 6.45) is 1.21. The van der Waals surface area contributed by atoms with Gasteiger partial charge >= 0.3 is 0 Å². The number of sulfone groups is 1. The van der Waals surface area contributed by atoms with Crippen LogP contribution in [0.15, 0.2) is 34.2 Å². The van der Waals surface area contributed by atoms with Crippen LogP contribution in [0.25, 0.3) is 0 Å².